The van der Waals surface area contributed by atoms with Gasteiger partial charge in [0.25, 0.3) is 5.91 Å². The number of benzene rings is 1. The molecule has 0 saturated carbocycles. The molecule has 0 radical (unpaired) electrons. The van der Waals surface area contributed by atoms with E-state index in [2.05, 4.69) is 10.2 Å². The molecule has 1 aliphatic heterocycles. The topological polar surface area (TPSA) is 75.7 Å². The number of hydrogen-bond donors (Lipinski definition) is 1. The van der Waals surface area contributed by atoms with Crippen molar-refractivity contribution in [1.29, 1.82) is 0 Å². The highest BCUT2D eigenvalue weighted by Gasteiger charge is 2.25. The molecule has 4 rings (SSSR count). The van der Waals surface area contributed by atoms with Gasteiger partial charge in [-0.2, -0.15) is 0 Å². The molecule has 1 amide bonds. The van der Waals surface area contributed by atoms with Crippen LogP contribution < -0.4 is 10.7 Å². The van der Waals surface area contributed by atoms with Crippen LogP contribution in [-0.2, 0) is 6.42 Å². The monoisotopic (exact) mass is 394 g/mol. The van der Waals surface area contributed by atoms with E-state index in [1.807, 2.05) is 31.2 Å². The fraction of sp³-hybridized carbons (Fsp3) is 0.391. The summed E-state index contributed by atoms with van der Waals surface area (Å²) in [5.41, 5.74) is 1.29. The predicted molar refractivity (Wildman–Crippen MR) is 111 cm³/mol. The number of likely N-dealkylation sites (tertiary alicyclic amines) is 1. The molecule has 0 unspecified atom stereocenters. The van der Waals surface area contributed by atoms with Gasteiger partial charge in [0, 0.05) is 12.6 Å². The Morgan fingerprint density at radius 1 is 1.17 bits per heavy atom. The minimum absolute atomic E-state index is 0.0311. The first-order valence-electron chi connectivity index (χ1n) is 10.3. The maximum absolute atomic E-state index is 12.7. The minimum atomic E-state index is -0.392. The molecular formula is C23H26N2O4. The average molecular weight is 394 g/mol. The molecule has 3 heterocycles. The van der Waals surface area contributed by atoms with Gasteiger partial charge >= 0.3 is 0 Å². The Balaban J connectivity index is 1.52. The summed E-state index contributed by atoms with van der Waals surface area (Å²) in [5.74, 6) is 0.472. The van der Waals surface area contributed by atoms with Crippen LogP contribution in [0.2, 0.25) is 0 Å². The first-order valence-corrected chi connectivity index (χ1v) is 10.3. The number of amides is 1. The summed E-state index contributed by atoms with van der Waals surface area (Å²) >= 11 is 0. The van der Waals surface area contributed by atoms with E-state index >= 15 is 0 Å². The van der Waals surface area contributed by atoms with E-state index in [9.17, 15) is 9.59 Å². The van der Waals surface area contributed by atoms with Crippen LogP contribution in [0.4, 0.5) is 0 Å². The number of nitrogens with one attached hydrogen (secondary N) is 1. The fourth-order valence-electron chi connectivity index (χ4n) is 3.93. The third kappa shape index (κ3) is 4.27. The molecule has 1 N–H and O–H groups in total. The number of carbonyl (C=O) groups is 1. The largest absolute Gasteiger partial charge is 0.468 e. The Kier molecular flexibility index (Phi) is 5.81. The number of nitrogens with zero attached hydrogens (tertiary/aromatic N) is 1. The molecule has 6 nitrogen and oxygen atoms in total. The second-order valence-electron chi connectivity index (χ2n) is 7.50. The van der Waals surface area contributed by atoms with Crippen LogP contribution in [0.1, 0.15) is 54.1 Å². The van der Waals surface area contributed by atoms with Gasteiger partial charge in [0.2, 0.25) is 0 Å². The number of furan rings is 1. The number of carbonyl (C=O) groups excluding carboxylic acids is 1. The minimum Gasteiger partial charge on any atom is -0.468 e. The number of rotatable bonds is 6. The normalized spacial score (nSPS) is 16.0. The molecule has 0 bridgehead atoms. The lowest BCUT2D eigenvalue weighted by molar-refractivity contribution is 0.0888. The summed E-state index contributed by atoms with van der Waals surface area (Å²) < 4.78 is 11.3. The van der Waals surface area contributed by atoms with Crippen molar-refractivity contribution >= 4 is 16.9 Å². The summed E-state index contributed by atoms with van der Waals surface area (Å²) in [6.45, 7) is 4.38. The number of fused-ring (bicyclic) bond motifs is 1. The van der Waals surface area contributed by atoms with Gasteiger partial charge in [-0.05, 0) is 62.2 Å². The van der Waals surface area contributed by atoms with Gasteiger partial charge in [-0.1, -0.05) is 19.4 Å². The molecule has 3 aromatic rings. The van der Waals surface area contributed by atoms with Gasteiger partial charge in [0.05, 0.1) is 17.7 Å². The molecule has 2 aromatic heterocycles. The van der Waals surface area contributed by atoms with Crippen LogP contribution in [0.15, 0.2) is 56.3 Å². The van der Waals surface area contributed by atoms with Crippen molar-refractivity contribution in [2.75, 3.05) is 19.6 Å². The summed E-state index contributed by atoms with van der Waals surface area (Å²) in [4.78, 5) is 27.5. The lowest BCUT2D eigenvalue weighted by Gasteiger charge is -2.33. The molecule has 0 aliphatic carbocycles. The Morgan fingerprint density at radius 3 is 2.72 bits per heavy atom. The fourth-order valence-corrected chi connectivity index (χ4v) is 3.93. The van der Waals surface area contributed by atoms with E-state index in [0.29, 0.717) is 17.5 Å². The first kappa shape index (κ1) is 19.5. The number of piperidine rings is 1. The third-order valence-electron chi connectivity index (χ3n) is 5.58. The first-order chi connectivity index (χ1) is 14.2. The quantitative estimate of drug-likeness (QED) is 0.686. The van der Waals surface area contributed by atoms with Crippen molar-refractivity contribution in [2.24, 2.45) is 0 Å². The molecular weight excluding hydrogens is 368 g/mol. The highest BCUT2D eigenvalue weighted by Crippen LogP contribution is 2.24. The van der Waals surface area contributed by atoms with Crippen molar-refractivity contribution in [3.05, 3.63) is 70.0 Å². The lowest BCUT2D eigenvalue weighted by atomic mass is 10.1. The SMILES string of the molecule is CCc1ccc2oc(C(=O)NC[C@H](c3ccco3)N3CCCCC3)cc(=O)c2c1. The van der Waals surface area contributed by atoms with E-state index in [1.54, 1.807) is 12.3 Å². The molecule has 1 fully saturated rings. The second-order valence-corrected chi connectivity index (χ2v) is 7.50. The smallest absolute Gasteiger partial charge is 0.287 e. The lowest BCUT2D eigenvalue weighted by Crippen LogP contribution is -2.40. The van der Waals surface area contributed by atoms with Crippen LogP contribution >= 0.6 is 0 Å². The zero-order valence-corrected chi connectivity index (χ0v) is 16.6. The summed E-state index contributed by atoms with van der Waals surface area (Å²) in [7, 11) is 0. The van der Waals surface area contributed by atoms with Gasteiger partial charge in [-0.25, -0.2) is 0 Å². The van der Waals surface area contributed by atoms with E-state index in [-0.39, 0.29) is 17.2 Å². The van der Waals surface area contributed by atoms with Gasteiger partial charge < -0.3 is 14.2 Å². The Hall–Kier alpha value is -2.86. The van der Waals surface area contributed by atoms with Crippen LogP contribution in [0.3, 0.4) is 0 Å². The van der Waals surface area contributed by atoms with Gasteiger partial charge in [-0.15, -0.1) is 0 Å². The van der Waals surface area contributed by atoms with Crippen LogP contribution in [0.25, 0.3) is 11.0 Å². The Bertz CT molecular complexity index is 1030. The molecule has 1 aromatic carbocycles. The molecule has 29 heavy (non-hydrogen) atoms. The van der Waals surface area contributed by atoms with Crippen molar-refractivity contribution < 1.29 is 13.6 Å². The maximum Gasteiger partial charge on any atom is 0.287 e. The Labute approximate surface area is 169 Å². The molecule has 152 valence electrons. The molecule has 1 atom stereocenters. The summed E-state index contributed by atoms with van der Waals surface area (Å²) in [6, 6.07) is 10.5. The molecule has 1 saturated heterocycles. The second kappa shape index (κ2) is 8.66. The summed E-state index contributed by atoms with van der Waals surface area (Å²) in [5, 5.41) is 3.43. The van der Waals surface area contributed by atoms with E-state index in [1.165, 1.54) is 12.5 Å². The molecule has 1 aliphatic rings. The van der Waals surface area contributed by atoms with E-state index < -0.39 is 5.91 Å². The van der Waals surface area contributed by atoms with Crippen LogP contribution in [0, 0.1) is 0 Å². The van der Waals surface area contributed by atoms with Crippen LogP contribution in [0.5, 0.6) is 0 Å². The van der Waals surface area contributed by atoms with Gasteiger partial charge in [-0.3, -0.25) is 14.5 Å². The Morgan fingerprint density at radius 2 is 2.00 bits per heavy atom. The maximum atomic E-state index is 12.7. The van der Waals surface area contributed by atoms with Gasteiger partial charge in [0.1, 0.15) is 11.3 Å². The van der Waals surface area contributed by atoms with Gasteiger partial charge in [0.15, 0.2) is 11.2 Å². The van der Waals surface area contributed by atoms with E-state index in [4.69, 9.17) is 8.83 Å². The average Bonchev–Trinajstić information content (AvgIpc) is 3.29. The molecule has 0 spiro atoms. The highest BCUT2D eigenvalue weighted by molar-refractivity contribution is 5.93. The molecule has 6 heteroatoms. The van der Waals surface area contributed by atoms with Crippen LogP contribution in [-0.4, -0.2) is 30.4 Å². The highest BCUT2D eigenvalue weighted by atomic mass is 16.3. The summed E-state index contributed by atoms with van der Waals surface area (Å²) in [6.07, 6.45) is 6.01. The van der Waals surface area contributed by atoms with E-state index in [0.717, 1.165) is 43.7 Å². The third-order valence-corrected chi connectivity index (χ3v) is 5.58. The standard InChI is InChI=1S/C23H26N2O4/c1-2-16-8-9-20-17(13-16)19(26)14-22(29-20)23(27)24-15-18(21-7-6-12-28-21)25-10-4-3-5-11-25/h6-9,12-14,18H,2-5,10-11,15H2,1H3,(H,24,27)/t18-/m1/s1. The zero-order valence-electron chi connectivity index (χ0n) is 16.6. The van der Waals surface area contributed by atoms with Crippen molar-refractivity contribution in [1.82, 2.24) is 10.2 Å². The van der Waals surface area contributed by atoms with Crippen molar-refractivity contribution in [3.63, 3.8) is 0 Å². The zero-order chi connectivity index (χ0) is 20.2. The number of aryl methyl sites for hydroxylation is 1. The van der Waals surface area contributed by atoms with Crippen molar-refractivity contribution in [2.45, 2.75) is 38.6 Å². The predicted octanol–water partition coefficient (Wildman–Crippen LogP) is 3.91. The van der Waals surface area contributed by atoms with Crippen molar-refractivity contribution in [3.8, 4) is 0 Å². The number of hydrogen-bond acceptors (Lipinski definition) is 5.